The molecule has 2 rings (SSSR count). The average molecular weight is 373 g/mol. The van der Waals surface area contributed by atoms with Crippen molar-refractivity contribution in [3.63, 3.8) is 0 Å². The summed E-state index contributed by atoms with van der Waals surface area (Å²) in [4.78, 5) is 25.0. The minimum atomic E-state index is -4.41. The number of hydrogen-bond acceptors (Lipinski definition) is 3. The predicted molar refractivity (Wildman–Crippen MR) is 87.8 cm³/mol. The molecule has 1 fully saturated rings. The van der Waals surface area contributed by atoms with Crippen LogP contribution in [-0.2, 0) is 15.7 Å². The van der Waals surface area contributed by atoms with Gasteiger partial charge in [0.25, 0.3) is 0 Å². The highest BCUT2D eigenvalue weighted by atomic mass is 19.4. The number of rotatable bonds is 2. The SMILES string of the molecule is CC(C)(C)OC(=O)N1CCC(c2ccc(C(F)(F)F)cc2)CC1C(=O)O. The van der Waals surface area contributed by atoms with E-state index in [1.165, 1.54) is 17.0 Å². The molecule has 8 heteroatoms. The molecule has 1 saturated heterocycles. The van der Waals surface area contributed by atoms with Gasteiger partial charge in [0.05, 0.1) is 5.56 Å². The van der Waals surface area contributed by atoms with Gasteiger partial charge in [0.2, 0.25) is 0 Å². The molecule has 1 aliphatic rings. The number of carboxylic acids is 1. The highest BCUT2D eigenvalue weighted by molar-refractivity contribution is 5.80. The molecule has 0 saturated carbocycles. The number of nitrogens with zero attached hydrogens (tertiary/aromatic N) is 1. The summed E-state index contributed by atoms with van der Waals surface area (Å²) in [5, 5.41) is 9.47. The Hall–Kier alpha value is -2.25. The van der Waals surface area contributed by atoms with Crippen LogP contribution < -0.4 is 0 Å². The Labute approximate surface area is 149 Å². The van der Waals surface area contributed by atoms with Gasteiger partial charge in [-0.3, -0.25) is 4.90 Å². The first-order chi connectivity index (χ1) is 11.9. The molecule has 1 N–H and O–H groups in total. The molecule has 26 heavy (non-hydrogen) atoms. The van der Waals surface area contributed by atoms with E-state index in [0.717, 1.165) is 12.1 Å². The Morgan fingerprint density at radius 3 is 2.19 bits per heavy atom. The van der Waals surface area contributed by atoms with Crippen molar-refractivity contribution in [2.75, 3.05) is 6.54 Å². The van der Waals surface area contributed by atoms with Crippen LogP contribution in [0.1, 0.15) is 50.7 Å². The maximum Gasteiger partial charge on any atom is 0.416 e. The summed E-state index contributed by atoms with van der Waals surface area (Å²) in [6.07, 6.45) is -4.54. The van der Waals surface area contributed by atoms with Crippen LogP contribution in [0.2, 0.25) is 0 Å². The van der Waals surface area contributed by atoms with Gasteiger partial charge in [-0.1, -0.05) is 12.1 Å². The van der Waals surface area contributed by atoms with Crippen LogP contribution >= 0.6 is 0 Å². The highest BCUT2D eigenvalue weighted by Crippen LogP contribution is 2.35. The van der Waals surface area contributed by atoms with Gasteiger partial charge in [0.1, 0.15) is 11.6 Å². The van der Waals surface area contributed by atoms with Crippen molar-refractivity contribution in [2.45, 2.75) is 57.3 Å². The lowest BCUT2D eigenvalue weighted by atomic mass is 9.85. The molecule has 1 amide bonds. The van der Waals surface area contributed by atoms with Gasteiger partial charge in [0, 0.05) is 6.54 Å². The third-order valence-electron chi connectivity index (χ3n) is 4.22. The van der Waals surface area contributed by atoms with E-state index in [1.807, 2.05) is 0 Å². The monoisotopic (exact) mass is 373 g/mol. The van der Waals surface area contributed by atoms with Crippen molar-refractivity contribution in [1.82, 2.24) is 4.90 Å². The summed E-state index contributed by atoms with van der Waals surface area (Å²) in [6, 6.07) is 3.65. The van der Waals surface area contributed by atoms with Crippen LogP contribution in [0.3, 0.4) is 0 Å². The third-order valence-corrected chi connectivity index (χ3v) is 4.22. The second-order valence-corrected chi connectivity index (χ2v) is 7.37. The molecule has 2 atom stereocenters. The fourth-order valence-corrected chi connectivity index (χ4v) is 2.99. The van der Waals surface area contributed by atoms with Crippen LogP contribution in [0.4, 0.5) is 18.0 Å². The summed E-state index contributed by atoms with van der Waals surface area (Å²) in [6.45, 7) is 5.23. The van der Waals surface area contributed by atoms with Crippen molar-refractivity contribution in [2.24, 2.45) is 0 Å². The molecule has 0 radical (unpaired) electrons. The molecule has 5 nitrogen and oxygen atoms in total. The van der Waals surface area contributed by atoms with Crippen LogP contribution in [0.15, 0.2) is 24.3 Å². The molecule has 0 bridgehead atoms. The van der Waals surface area contributed by atoms with E-state index in [1.54, 1.807) is 20.8 Å². The fraction of sp³-hybridized carbons (Fsp3) is 0.556. The Bertz CT molecular complexity index is 664. The average Bonchev–Trinajstić information content (AvgIpc) is 2.52. The molecule has 2 unspecified atom stereocenters. The number of alkyl halides is 3. The minimum absolute atomic E-state index is 0.125. The fourth-order valence-electron chi connectivity index (χ4n) is 2.99. The van der Waals surface area contributed by atoms with Crippen molar-refractivity contribution in [3.8, 4) is 0 Å². The van der Waals surface area contributed by atoms with Crippen LogP contribution in [-0.4, -0.2) is 40.3 Å². The van der Waals surface area contributed by atoms with E-state index in [2.05, 4.69) is 0 Å². The topological polar surface area (TPSA) is 66.8 Å². The maximum absolute atomic E-state index is 12.7. The second kappa shape index (κ2) is 7.17. The molecule has 1 heterocycles. The van der Waals surface area contributed by atoms with Gasteiger partial charge in [-0.2, -0.15) is 13.2 Å². The standard InChI is InChI=1S/C18H22F3NO4/c1-17(2,3)26-16(25)22-9-8-12(10-14(22)15(23)24)11-4-6-13(7-5-11)18(19,20)21/h4-7,12,14H,8-10H2,1-3H3,(H,23,24). The van der Waals surface area contributed by atoms with Gasteiger partial charge in [-0.25, -0.2) is 9.59 Å². The highest BCUT2D eigenvalue weighted by Gasteiger charge is 2.39. The number of piperidine rings is 1. The molecular weight excluding hydrogens is 351 g/mol. The number of hydrogen-bond donors (Lipinski definition) is 1. The first kappa shape index (κ1) is 20.1. The lowest BCUT2D eigenvalue weighted by molar-refractivity contribution is -0.144. The summed E-state index contributed by atoms with van der Waals surface area (Å²) in [7, 11) is 0. The Kier molecular flexibility index (Phi) is 5.53. The molecule has 0 aliphatic carbocycles. The third kappa shape index (κ3) is 4.89. The Morgan fingerprint density at radius 2 is 1.73 bits per heavy atom. The number of aliphatic carboxylic acids is 1. The van der Waals surface area contributed by atoms with E-state index < -0.39 is 35.4 Å². The zero-order valence-corrected chi connectivity index (χ0v) is 14.8. The predicted octanol–water partition coefficient (Wildman–Crippen LogP) is 4.27. The number of halogens is 3. The molecule has 0 spiro atoms. The van der Waals surface area contributed by atoms with Gasteiger partial charge in [-0.05, 0) is 57.2 Å². The van der Waals surface area contributed by atoms with Gasteiger partial charge >= 0.3 is 18.2 Å². The zero-order chi connectivity index (χ0) is 19.7. The van der Waals surface area contributed by atoms with E-state index >= 15 is 0 Å². The normalized spacial score (nSPS) is 21.4. The number of amides is 1. The Balaban J connectivity index is 2.14. The molecular formula is C18H22F3NO4. The first-order valence-electron chi connectivity index (χ1n) is 8.28. The molecule has 144 valence electrons. The summed E-state index contributed by atoms with van der Waals surface area (Å²) >= 11 is 0. The van der Waals surface area contributed by atoms with E-state index in [9.17, 15) is 27.9 Å². The van der Waals surface area contributed by atoms with Crippen molar-refractivity contribution >= 4 is 12.1 Å². The smallest absolute Gasteiger partial charge is 0.416 e. The largest absolute Gasteiger partial charge is 0.480 e. The van der Waals surface area contributed by atoms with Crippen LogP contribution in [0.5, 0.6) is 0 Å². The van der Waals surface area contributed by atoms with E-state index in [4.69, 9.17) is 4.74 Å². The minimum Gasteiger partial charge on any atom is -0.480 e. The lowest BCUT2D eigenvalue weighted by Crippen LogP contribution is -2.51. The summed E-state index contributed by atoms with van der Waals surface area (Å²) in [5.74, 6) is -1.40. The van der Waals surface area contributed by atoms with E-state index in [-0.39, 0.29) is 18.9 Å². The maximum atomic E-state index is 12.7. The van der Waals surface area contributed by atoms with Crippen LogP contribution in [0, 0.1) is 0 Å². The molecule has 1 aliphatic heterocycles. The zero-order valence-electron chi connectivity index (χ0n) is 14.8. The number of ether oxygens (including phenoxy) is 1. The van der Waals surface area contributed by atoms with Crippen LogP contribution in [0.25, 0.3) is 0 Å². The first-order valence-corrected chi connectivity index (χ1v) is 8.28. The molecule has 1 aromatic rings. The second-order valence-electron chi connectivity index (χ2n) is 7.37. The van der Waals surface area contributed by atoms with Gasteiger partial charge < -0.3 is 9.84 Å². The Morgan fingerprint density at radius 1 is 1.15 bits per heavy atom. The summed E-state index contributed by atoms with van der Waals surface area (Å²) < 4.78 is 43.3. The van der Waals surface area contributed by atoms with Crippen molar-refractivity contribution in [3.05, 3.63) is 35.4 Å². The van der Waals surface area contributed by atoms with Gasteiger partial charge in [-0.15, -0.1) is 0 Å². The quantitative estimate of drug-likeness (QED) is 0.841. The summed E-state index contributed by atoms with van der Waals surface area (Å²) in [5.41, 5.74) is -0.861. The number of likely N-dealkylation sites (tertiary alicyclic amines) is 1. The lowest BCUT2D eigenvalue weighted by Gasteiger charge is -2.38. The number of carbonyl (C=O) groups is 2. The molecule has 0 aromatic heterocycles. The molecule has 1 aromatic carbocycles. The number of benzene rings is 1. The van der Waals surface area contributed by atoms with Gasteiger partial charge in [0.15, 0.2) is 0 Å². The number of carboxylic acid groups (broad SMARTS) is 1. The number of carbonyl (C=O) groups excluding carboxylic acids is 1. The van der Waals surface area contributed by atoms with Crippen molar-refractivity contribution in [1.29, 1.82) is 0 Å². The van der Waals surface area contributed by atoms with E-state index in [0.29, 0.717) is 12.0 Å². The van der Waals surface area contributed by atoms with Crippen molar-refractivity contribution < 1.29 is 32.6 Å².